The van der Waals surface area contributed by atoms with Crippen molar-refractivity contribution in [1.82, 2.24) is 10.6 Å². The number of aliphatic hydroxyl groups is 1. The summed E-state index contributed by atoms with van der Waals surface area (Å²) in [5, 5.41) is 24.4. The second-order valence-electron chi connectivity index (χ2n) is 9.17. The van der Waals surface area contributed by atoms with Crippen LogP contribution in [0.1, 0.15) is 59.6 Å². The fourth-order valence-electron chi connectivity index (χ4n) is 2.58. The third-order valence-corrected chi connectivity index (χ3v) is 3.82. The lowest BCUT2D eigenvalue weighted by Gasteiger charge is -2.26. The van der Waals surface area contributed by atoms with Crippen molar-refractivity contribution >= 4 is 23.9 Å². The molecule has 0 aliphatic heterocycles. The van der Waals surface area contributed by atoms with Crippen molar-refractivity contribution in [3.05, 3.63) is 35.9 Å². The highest BCUT2D eigenvalue weighted by Crippen LogP contribution is 2.17. The van der Waals surface area contributed by atoms with E-state index in [1.165, 1.54) is 12.1 Å². The number of rotatable bonds is 8. The van der Waals surface area contributed by atoms with Crippen LogP contribution in [0.3, 0.4) is 0 Å². The molecule has 32 heavy (non-hydrogen) atoms. The maximum Gasteiger partial charge on any atom is 0.408 e. The molecule has 0 spiro atoms. The Morgan fingerprint density at radius 2 is 1.44 bits per heavy atom. The molecule has 0 aliphatic rings. The number of alkyl carbamates (subject to hydrolysis) is 1. The van der Waals surface area contributed by atoms with E-state index in [1.54, 1.807) is 59.7 Å². The van der Waals surface area contributed by atoms with Gasteiger partial charge in [0.15, 0.2) is 6.04 Å². The second-order valence-corrected chi connectivity index (χ2v) is 9.17. The Balaban J connectivity index is 3.06. The van der Waals surface area contributed by atoms with Crippen LogP contribution in [0.25, 0.3) is 0 Å². The summed E-state index contributed by atoms with van der Waals surface area (Å²) in [4.78, 5) is 49.0. The molecule has 0 unspecified atom stereocenters. The van der Waals surface area contributed by atoms with Crippen LogP contribution < -0.4 is 10.6 Å². The van der Waals surface area contributed by atoms with Gasteiger partial charge in [0.25, 0.3) is 0 Å². The fraction of sp³-hybridized carbons (Fsp3) is 0.545. The summed E-state index contributed by atoms with van der Waals surface area (Å²) in [6, 6.07) is 4.68. The number of esters is 1. The third kappa shape index (κ3) is 9.78. The highest BCUT2D eigenvalue weighted by Gasteiger charge is 2.34. The van der Waals surface area contributed by atoms with Gasteiger partial charge in [0.2, 0.25) is 5.91 Å². The number of aliphatic carboxylic acids is 1. The summed E-state index contributed by atoms with van der Waals surface area (Å²) in [6.45, 7) is 9.76. The number of benzene rings is 1. The quantitative estimate of drug-likeness (QED) is 0.437. The molecule has 0 radical (unpaired) electrons. The van der Waals surface area contributed by atoms with Crippen molar-refractivity contribution < 1.29 is 38.9 Å². The van der Waals surface area contributed by atoms with E-state index >= 15 is 0 Å². The lowest BCUT2D eigenvalue weighted by atomic mass is 10.0. The zero-order valence-electron chi connectivity index (χ0n) is 19.2. The molecule has 4 N–H and O–H groups in total. The number of ether oxygens (including phenoxy) is 2. The Hall–Kier alpha value is -3.14. The zero-order valence-corrected chi connectivity index (χ0v) is 19.2. The number of nitrogens with one attached hydrogen (secondary N) is 2. The number of hydrogen-bond acceptors (Lipinski definition) is 7. The fourth-order valence-corrected chi connectivity index (χ4v) is 2.58. The van der Waals surface area contributed by atoms with E-state index in [9.17, 15) is 29.4 Å². The SMILES string of the molecule is CC(C)(C)OC(=O)C[C@@H](NC(=O)OC(C)(C)C)C(=O)N[C@H](C(=O)O)[C@H](O)c1ccccc1. The van der Waals surface area contributed by atoms with Gasteiger partial charge in [-0.3, -0.25) is 9.59 Å². The van der Waals surface area contributed by atoms with Gasteiger partial charge in [-0.05, 0) is 47.1 Å². The molecule has 0 aromatic heterocycles. The molecular weight excluding hydrogens is 420 g/mol. The van der Waals surface area contributed by atoms with E-state index < -0.39 is 59.7 Å². The van der Waals surface area contributed by atoms with Crippen molar-refractivity contribution in [3.63, 3.8) is 0 Å². The Morgan fingerprint density at radius 1 is 0.906 bits per heavy atom. The number of carbonyl (C=O) groups is 4. The predicted molar refractivity (Wildman–Crippen MR) is 115 cm³/mol. The minimum Gasteiger partial charge on any atom is -0.480 e. The van der Waals surface area contributed by atoms with Gasteiger partial charge >= 0.3 is 18.0 Å². The summed E-state index contributed by atoms with van der Waals surface area (Å²) in [5.41, 5.74) is -1.44. The lowest BCUT2D eigenvalue weighted by Crippen LogP contribution is -2.54. The third-order valence-electron chi connectivity index (χ3n) is 3.82. The largest absolute Gasteiger partial charge is 0.480 e. The molecule has 0 bridgehead atoms. The van der Waals surface area contributed by atoms with Gasteiger partial charge in [-0.1, -0.05) is 30.3 Å². The second kappa shape index (κ2) is 10.9. The van der Waals surface area contributed by atoms with E-state index in [0.29, 0.717) is 0 Å². The van der Waals surface area contributed by atoms with Crippen LogP contribution in [0.5, 0.6) is 0 Å². The molecule has 0 heterocycles. The average Bonchev–Trinajstić information content (AvgIpc) is 2.62. The summed E-state index contributed by atoms with van der Waals surface area (Å²) in [5.74, 6) is -3.28. The maximum absolute atomic E-state index is 12.8. The molecule has 1 aromatic rings. The van der Waals surface area contributed by atoms with Crippen LogP contribution in [0, 0.1) is 0 Å². The number of carboxylic acids is 1. The molecule has 3 atom stereocenters. The molecule has 10 heteroatoms. The molecule has 178 valence electrons. The van der Waals surface area contributed by atoms with Gasteiger partial charge in [0.1, 0.15) is 23.3 Å². The lowest BCUT2D eigenvalue weighted by molar-refractivity contribution is -0.156. The number of aliphatic hydroxyl groups excluding tert-OH is 1. The van der Waals surface area contributed by atoms with E-state index in [1.807, 2.05) is 0 Å². The van der Waals surface area contributed by atoms with Gasteiger partial charge in [-0.15, -0.1) is 0 Å². The first-order chi connectivity index (χ1) is 14.6. The smallest absolute Gasteiger partial charge is 0.408 e. The predicted octanol–water partition coefficient (Wildman–Crippen LogP) is 1.91. The van der Waals surface area contributed by atoms with Crippen molar-refractivity contribution in [2.24, 2.45) is 0 Å². The first-order valence-electron chi connectivity index (χ1n) is 10.1. The number of amides is 2. The molecule has 2 amide bonds. The van der Waals surface area contributed by atoms with Gasteiger partial charge in [0, 0.05) is 0 Å². The number of carbonyl (C=O) groups excluding carboxylic acids is 3. The standard InChI is InChI=1S/C22H32N2O8/c1-21(2,3)31-15(25)12-14(23-20(30)32-22(4,5)6)18(27)24-16(19(28)29)17(26)13-10-8-7-9-11-13/h7-11,14,16-17,26H,12H2,1-6H3,(H,23,30)(H,24,27)(H,28,29)/t14-,16+,17-/m1/s1. The topological polar surface area (TPSA) is 151 Å². The van der Waals surface area contributed by atoms with Crippen molar-refractivity contribution in [3.8, 4) is 0 Å². The number of carboxylic acid groups (broad SMARTS) is 1. The van der Waals surface area contributed by atoms with Gasteiger partial charge in [0.05, 0.1) is 6.42 Å². The van der Waals surface area contributed by atoms with Crippen molar-refractivity contribution in [1.29, 1.82) is 0 Å². The Morgan fingerprint density at radius 3 is 1.91 bits per heavy atom. The molecule has 1 rings (SSSR count). The first-order valence-corrected chi connectivity index (χ1v) is 10.1. The normalized spacial score (nSPS) is 14.5. The average molecular weight is 453 g/mol. The van der Waals surface area contributed by atoms with Crippen LogP contribution in [-0.2, 0) is 23.9 Å². The molecule has 0 saturated heterocycles. The highest BCUT2D eigenvalue weighted by atomic mass is 16.6. The molecule has 1 aromatic carbocycles. The number of hydrogen-bond donors (Lipinski definition) is 4. The van der Waals surface area contributed by atoms with Crippen LogP contribution in [0.15, 0.2) is 30.3 Å². The van der Waals surface area contributed by atoms with E-state index in [-0.39, 0.29) is 5.56 Å². The molecule has 0 saturated carbocycles. The molecular formula is C22H32N2O8. The highest BCUT2D eigenvalue weighted by molar-refractivity contribution is 5.92. The van der Waals surface area contributed by atoms with Crippen LogP contribution in [0.4, 0.5) is 4.79 Å². The Bertz CT molecular complexity index is 781. The summed E-state index contributed by atoms with van der Waals surface area (Å²) in [6.07, 6.45) is -3.12. The van der Waals surface area contributed by atoms with Crippen LogP contribution in [0.2, 0.25) is 0 Å². The molecule has 0 aliphatic carbocycles. The van der Waals surface area contributed by atoms with Gasteiger partial charge in [-0.25, -0.2) is 9.59 Å². The first kappa shape index (κ1) is 26.9. The van der Waals surface area contributed by atoms with Gasteiger partial charge in [-0.2, -0.15) is 0 Å². The molecule has 10 nitrogen and oxygen atoms in total. The minimum atomic E-state index is -1.73. The molecule has 0 fully saturated rings. The monoisotopic (exact) mass is 452 g/mol. The van der Waals surface area contributed by atoms with Crippen LogP contribution >= 0.6 is 0 Å². The van der Waals surface area contributed by atoms with Crippen molar-refractivity contribution in [2.45, 2.75) is 77.4 Å². The van der Waals surface area contributed by atoms with Crippen molar-refractivity contribution in [2.75, 3.05) is 0 Å². The minimum absolute atomic E-state index is 0.268. The zero-order chi connectivity index (χ0) is 24.7. The summed E-state index contributed by atoms with van der Waals surface area (Å²) in [7, 11) is 0. The van der Waals surface area contributed by atoms with E-state index in [0.717, 1.165) is 0 Å². The van der Waals surface area contributed by atoms with E-state index in [2.05, 4.69) is 10.6 Å². The maximum atomic E-state index is 12.8. The summed E-state index contributed by atoms with van der Waals surface area (Å²) >= 11 is 0. The van der Waals surface area contributed by atoms with Gasteiger partial charge < -0.3 is 30.3 Å². The Kier molecular flexibility index (Phi) is 9.20. The van der Waals surface area contributed by atoms with Crippen LogP contribution in [-0.4, -0.2) is 57.4 Å². The van der Waals surface area contributed by atoms with E-state index in [4.69, 9.17) is 9.47 Å². The Labute approximate surface area is 187 Å². The summed E-state index contributed by atoms with van der Waals surface area (Å²) < 4.78 is 10.3.